The molecule has 0 aliphatic heterocycles. The number of hydrogen-bond acceptors (Lipinski definition) is 3. The number of thiophene rings is 1. The first-order chi connectivity index (χ1) is 8.28. The van der Waals surface area contributed by atoms with Crippen molar-refractivity contribution in [2.24, 2.45) is 5.41 Å². The lowest BCUT2D eigenvalue weighted by Crippen LogP contribution is -2.29. The molecular weight excluding hydrogens is 246 g/mol. The van der Waals surface area contributed by atoms with Crippen molar-refractivity contribution < 1.29 is 9.90 Å². The summed E-state index contributed by atoms with van der Waals surface area (Å²) in [5, 5.41) is 12.4. The number of rotatable bonds is 5. The molecule has 0 radical (unpaired) electrons. The van der Waals surface area contributed by atoms with Gasteiger partial charge in [-0.3, -0.25) is 4.79 Å². The zero-order valence-corrected chi connectivity index (χ0v) is 12.4. The minimum absolute atomic E-state index is 0.0342. The first kappa shape index (κ1) is 15.2. The molecule has 4 heteroatoms. The van der Waals surface area contributed by atoms with Gasteiger partial charge in [0.15, 0.2) is 0 Å². The lowest BCUT2D eigenvalue weighted by Gasteiger charge is -2.17. The van der Waals surface area contributed by atoms with Gasteiger partial charge in [0.05, 0.1) is 6.10 Å². The van der Waals surface area contributed by atoms with Crippen molar-refractivity contribution in [3.63, 3.8) is 0 Å². The molecule has 0 aliphatic carbocycles. The molecular formula is C14H23NO2S. The summed E-state index contributed by atoms with van der Waals surface area (Å²) < 4.78 is 0. The maximum Gasteiger partial charge on any atom is 0.220 e. The minimum Gasteiger partial charge on any atom is -0.388 e. The molecule has 1 heterocycles. The maximum absolute atomic E-state index is 11.6. The van der Waals surface area contributed by atoms with Crippen LogP contribution < -0.4 is 5.32 Å². The van der Waals surface area contributed by atoms with Crippen molar-refractivity contribution in [2.45, 2.75) is 46.6 Å². The normalized spacial score (nSPS) is 13.4. The Morgan fingerprint density at radius 2 is 2.11 bits per heavy atom. The summed E-state index contributed by atoms with van der Waals surface area (Å²) in [7, 11) is 0. The Morgan fingerprint density at radius 1 is 1.44 bits per heavy atom. The number of nitrogens with one attached hydrogen (secondary N) is 1. The summed E-state index contributed by atoms with van der Waals surface area (Å²) in [6, 6.07) is 3.96. The van der Waals surface area contributed by atoms with Crippen molar-refractivity contribution in [1.29, 1.82) is 0 Å². The maximum atomic E-state index is 11.6. The highest BCUT2D eigenvalue weighted by Crippen LogP contribution is 2.23. The molecule has 102 valence electrons. The Morgan fingerprint density at radius 3 is 2.61 bits per heavy atom. The highest BCUT2D eigenvalue weighted by Gasteiger charge is 2.15. The Kier molecular flexibility index (Phi) is 5.35. The predicted octanol–water partition coefficient (Wildman–Crippen LogP) is 2.90. The quantitative estimate of drug-likeness (QED) is 0.863. The van der Waals surface area contributed by atoms with Gasteiger partial charge in [-0.1, -0.05) is 20.8 Å². The van der Waals surface area contributed by atoms with Crippen molar-refractivity contribution in [3.05, 3.63) is 21.9 Å². The second-order valence-corrected chi connectivity index (χ2v) is 7.02. The summed E-state index contributed by atoms with van der Waals surface area (Å²) in [6.07, 6.45) is 0.975. The number of aliphatic hydroxyl groups excluding tert-OH is 1. The fourth-order valence-corrected chi connectivity index (χ4v) is 2.57. The van der Waals surface area contributed by atoms with Crippen molar-refractivity contribution in [1.82, 2.24) is 5.32 Å². The van der Waals surface area contributed by atoms with Crippen molar-refractivity contribution in [3.8, 4) is 0 Å². The van der Waals surface area contributed by atoms with Crippen LogP contribution in [0.1, 0.15) is 50.0 Å². The van der Waals surface area contributed by atoms with Crippen LogP contribution in [0, 0.1) is 5.41 Å². The highest BCUT2D eigenvalue weighted by molar-refractivity contribution is 7.12. The number of aliphatic hydroxyl groups is 1. The topological polar surface area (TPSA) is 49.3 Å². The summed E-state index contributed by atoms with van der Waals surface area (Å²) in [6.45, 7) is 8.59. The zero-order chi connectivity index (χ0) is 13.8. The van der Waals surface area contributed by atoms with E-state index in [1.807, 2.05) is 12.1 Å². The van der Waals surface area contributed by atoms with Gasteiger partial charge in [0, 0.05) is 22.7 Å². The van der Waals surface area contributed by atoms with Gasteiger partial charge in [0.25, 0.3) is 0 Å². The highest BCUT2D eigenvalue weighted by atomic mass is 32.1. The molecule has 1 amide bonds. The third-order valence-corrected chi connectivity index (χ3v) is 3.79. The number of hydrogen-bond donors (Lipinski definition) is 2. The van der Waals surface area contributed by atoms with Gasteiger partial charge in [0.2, 0.25) is 5.91 Å². The average Bonchev–Trinajstić information content (AvgIpc) is 2.63. The van der Waals surface area contributed by atoms with Crippen LogP contribution in [0.15, 0.2) is 12.1 Å². The molecule has 1 atom stereocenters. The largest absolute Gasteiger partial charge is 0.388 e. The molecule has 18 heavy (non-hydrogen) atoms. The Labute approximate surface area is 113 Å². The first-order valence-electron chi connectivity index (χ1n) is 6.31. The number of carbonyl (C=O) groups excluding carboxylic acids is 1. The summed E-state index contributed by atoms with van der Waals surface area (Å²) >= 11 is 1.60. The third-order valence-electron chi connectivity index (χ3n) is 2.48. The fraction of sp³-hybridized carbons (Fsp3) is 0.643. The van der Waals surface area contributed by atoms with Crippen LogP contribution in [0.4, 0.5) is 0 Å². The van der Waals surface area contributed by atoms with E-state index in [-0.39, 0.29) is 11.3 Å². The van der Waals surface area contributed by atoms with E-state index in [4.69, 9.17) is 0 Å². The second kappa shape index (κ2) is 6.34. The van der Waals surface area contributed by atoms with E-state index in [1.165, 1.54) is 4.88 Å². The lowest BCUT2D eigenvalue weighted by atomic mass is 9.92. The molecule has 1 rings (SSSR count). The Bertz CT molecular complexity index is 391. The first-order valence-corrected chi connectivity index (χ1v) is 7.13. The number of amides is 1. The van der Waals surface area contributed by atoms with Gasteiger partial charge in [-0.15, -0.1) is 11.3 Å². The molecule has 1 unspecified atom stereocenters. The van der Waals surface area contributed by atoms with E-state index in [0.717, 1.165) is 11.3 Å². The fourth-order valence-electron chi connectivity index (χ4n) is 1.62. The van der Waals surface area contributed by atoms with E-state index < -0.39 is 6.10 Å². The molecule has 0 bridgehead atoms. The van der Waals surface area contributed by atoms with Gasteiger partial charge in [-0.05, 0) is 30.9 Å². The minimum atomic E-state index is -0.403. The van der Waals surface area contributed by atoms with Gasteiger partial charge in [0.1, 0.15) is 0 Å². The second-order valence-electron chi connectivity index (χ2n) is 5.82. The predicted molar refractivity (Wildman–Crippen MR) is 75.7 cm³/mol. The van der Waals surface area contributed by atoms with Gasteiger partial charge < -0.3 is 10.4 Å². The molecule has 0 fully saturated rings. The smallest absolute Gasteiger partial charge is 0.220 e. The standard InChI is InChI=1S/C14H23NO2S/c1-10(16)12-6-5-11(18-12)7-8-15-13(17)9-14(2,3)4/h5-6,10,16H,7-9H2,1-4H3,(H,15,17). The zero-order valence-electron chi connectivity index (χ0n) is 11.6. The summed E-state index contributed by atoms with van der Waals surface area (Å²) in [5.41, 5.74) is 0.0342. The van der Waals surface area contributed by atoms with E-state index in [0.29, 0.717) is 13.0 Å². The van der Waals surface area contributed by atoms with E-state index in [1.54, 1.807) is 18.3 Å². The summed E-state index contributed by atoms with van der Waals surface area (Å²) in [5.74, 6) is 0.106. The third kappa shape index (κ3) is 5.65. The SMILES string of the molecule is CC(O)c1ccc(CCNC(=O)CC(C)(C)C)s1. The van der Waals surface area contributed by atoms with E-state index in [9.17, 15) is 9.90 Å². The van der Waals surface area contributed by atoms with E-state index >= 15 is 0 Å². The summed E-state index contributed by atoms with van der Waals surface area (Å²) in [4.78, 5) is 13.8. The van der Waals surface area contributed by atoms with Crippen molar-refractivity contribution in [2.75, 3.05) is 6.54 Å². The molecule has 0 saturated carbocycles. The molecule has 0 aromatic carbocycles. The molecule has 3 nitrogen and oxygen atoms in total. The van der Waals surface area contributed by atoms with Gasteiger partial charge in [-0.25, -0.2) is 0 Å². The molecule has 0 saturated heterocycles. The molecule has 1 aromatic rings. The monoisotopic (exact) mass is 269 g/mol. The molecule has 2 N–H and O–H groups in total. The van der Waals surface area contributed by atoms with Crippen molar-refractivity contribution >= 4 is 17.2 Å². The van der Waals surface area contributed by atoms with Crippen LogP contribution in [-0.2, 0) is 11.2 Å². The van der Waals surface area contributed by atoms with E-state index in [2.05, 4.69) is 26.1 Å². The van der Waals surface area contributed by atoms with Crippen LogP contribution in [0.3, 0.4) is 0 Å². The Balaban J connectivity index is 2.31. The van der Waals surface area contributed by atoms with Crippen LogP contribution in [-0.4, -0.2) is 17.6 Å². The number of carbonyl (C=O) groups is 1. The Hall–Kier alpha value is -0.870. The van der Waals surface area contributed by atoms with Crippen LogP contribution in [0.2, 0.25) is 0 Å². The lowest BCUT2D eigenvalue weighted by molar-refractivity contribution is -0.122. The van der Waals surface area contributed by atoms with Crippen LogP contribution in [0.25, 0.3) is 0 Å². The molecule has 0 aliphatic rings. The van der Waals surface area contributed by atoms with Gasteiger partial charge >= 0.3 is 0 Å². The van der Waals surface area contributed by atoms with Crippen LogP contribution in [0.5, 0.6) is 0 Å². The average molecular weight is 269 g/mol. The molecule has 1 aromatic heterocycles. The molecule has 0 spiro atoms. The van der Waals surface area contributed by atoms with Crippen LogP contribution >= 0.6 is 11.3 Å². The van der Waals surface area contributed by atoms with Gasteiger partial charge in [-0.2, -0.15) is 0 Å².